The van der Waals surface area contributed by atoms with Crippen LogP contribution in [0.4, 0.5) is 11.4 Å². The van der Waals surface area contributed by atoms with Gasteiger partial charge in [-0.15, -0.1) is 23.2 Å². The van der Waals surface area contributed by atoms with Crippen LogP contribution in [0.25, 0.3) is 0 Å². The van der Waals surface area contributed by atoms with Gasteiger partial charge >= 0.3 is 11.9 Å². The highest BCUT2D eigenvalue weighted by Crippen LogP contribution is 2.43. The maximum atomic E-state index is 12.9. The number of carbonyl (C=O) groups is 5. The summed E-state index contributed by atoms with van der Waals surface area (Å²) in [5, 5.41) is 1.83. The van der Waals surface area contributed by atoms with Gasteiger partial charge in [0.05, 0.1) is 46.0 Å². The molecule has 0 spiro atoms. The number of benzene rings is 2. The van der Waals surface area contributed by atoms with Crippen LogP contribution in [0.2, 0.25) is 0 Å². The summed E-state index contributed by atoms with van der Waals surface area (Å²) in [6.07, 6.45) is 2.38. The first-order valence-electron chi connectivity index (χ1n) is 12.7. The second-order valence-electron chi connectivity index (χ2n) is 9.47. The molecule has 0 radical (unpaired) electrons. The number of ether oxygens (including phenoxy) is 2. The Morgan fingerprint density at radius 3 is 1.90 bits per heavy atom. The number of alkyl halides is 2. The van der Waals surface area contributed by atoms with Crippen LogP contribution in [-0.4, -0.2) is 53.6 Å². The van der Waals surface area contributed by atoms with Crippen LogP contribution in [0.5, 0.6) is 0 Å². The number of anilines is 2. The first-order chi connectivity index (χ1) is 18.7. The quantitative estimate of drug-likeness (QED) is 0.202. The fourth-order valence-electron chi connectivity index (χ4n) is 4.59. The summed E-state index contributed by atoms with van der Waals surface area (Å²) in [5.41, 5.74) is 1.27. The van der Waals surface area contributed by atoms with Crippen molar-refractivity contribution in [3.8, 4) is 0 Å². The van der Waals surface area contributed by atoms with E-state index in [1.165, 1.54) is 36.4 Å². The molecule has 0 bridgehead atoms. The standard InChI is InChI=1S/C28H28Cl2N2O7/c1-2-3-12-38-27(36)16-4-8-18(9-5-16)31-24(33)15-39-28(37)17-6-10-19(11-7-17)32-25(34)20-13-22(29)23(30)14-21(20)26(32)35/h4-11,20-23H,2-3,12-15H2,1H3,(H,31,33)/t20-,21+,22-,23-/m0/s1. The third-order valence-corrected chi connectivity index (χ3v) is 7.84. The molecule has 3 amide bonds. The van der Waals surface area contributed by atoms with Crippen LogP contribution < -0.4 is 10.2 Å². The lowest BCUT2D eigenvalue weighted by atomic mass is 9.80. The zero-order chi connectivity index (χ0) is 28.1. The van der Waals surface area contributed by atoms with Crippen LogP contribution in [-0.2, 0) is 23.9 Å². The molecule has 2 aliphatic rings. The number of imide groups is 1. The average Bonchev–Trinajstić information content (AvgIpc) is 3.16. The fourth-order valence-corrected chi connectivity index (χ4v) is 5.18. The van der Waals surface area contributed by atoms with E-state index in [4.69, 9.17) is 32.7 Å². The first-order valence-corrected chi connectivity index (χ1v) is 13.6. The number of rotatable bonds is 9. The van der Waals surface area contributed by atoms with Gasteiger partial charge in [0, 0.05) is 5.69 Å². The highest BCUT2D eigenvalue weighted by atomic mass is 35.5. The topological polar surface area (TPSA) is 119 Å². The molecular formula is C28H28Cl2N2O7. The number of halogens is 2. The number of hydrogen-bond acceptors (Lipinski definition) is 7. The van der Waals surface area contributed by atoms with Gasteiger partial charge in [0.25, 0.3) is 5.91 Å². The van der Waals surface area contributed by atoms with Gasteiger partial charge in [-0.05, 0) is 67.8 Å². The van der Waals surface area contributed by atoms with Crippen molar-refractivity contribution in [2.75, 3.05) is 23.4 Å². The number of nitrogens with one attached hydrogen (secondary N) is 1. The van der Waals surface area contributed by atoms with Crippen molar-refractivity contribution in [3.63, 3.8) is 0 Å². The third kappa shape index (κ3) is 6.59. The van der Waals surface area contributed by atoms with E-state index in [0.717, 1.165) is 17.7 Å². The number of fused-ring (bicyclic) bond motifs is 1. The number of nitrogens with zero attached hydrogens (tertiary/aromatic N) is 1. The van der Waals surface area contributed by atoms with Gasteiger partial charge in [-0.25, -0.2) is 9.59 Å². The lowest BCUT2D eigenvalue weighted by Gasteiger charge is -2.28. The van der Waals surface area contributed by atoms with Crippen molar-refractivity contribution in [1.82, 2.24) is 0 Å². The fraction of sp³-hybridized carbons (Fsp3) is 0.393. The van der Waals surface area contributed by atoms with Crippen molar-refractivity contribution in [3.05, 3.63) is 59.7 Å². The molecule has 4 atom stereocenters. The van der Waals surface area contributed by atoms with Gasteiger partial charge in [0.1, 0.15) is 0 Å². The smallest absolute Gasteiger partial charge is 0.338 e. The van der Waals surface area contributed by atoms with Gasteiger partial charge in [0.15, 0.2) is 6.61 Å². The zero-order valence-corrected chi connectivity index (χ0v) is 22.7. The molecule has 2 aromatic carbocycles. The lowest BCUT2D eigenvalue weighted by molar-refractivity contribution is -0.122. The van der Waals surface area contributed by atoms with E-state index in [2.05, 4.69) is 5.32 Å². The van der Waals surface area contributed by atoms with Crippen molar-refractivity contribution in [2.45, 2.75) is 43.4 Å². The monoisotopic (exact) mass is 574 g/mol. The Balaban J connectivity index is 1.28. The molecule has 0 aromatic heterocycles. The molecule has 206 valence electrons. The predicted octanol–water partition coefficient (Wildman–Crippen LogP) is 4.55. The number of unbranched alkanes of at least 4 members (excludes halogenated alkanes) is 1. The lowest BCUT2D eigenvalue weighted by Crippen LogP contribution is -2.34. The molecule has 4 rings (SSSR count). The van der Waals surface area contributed by atoms with Crippen molar-refractivity contribution < 1.29 is 33.4 Å². The number of hydrogen-bond donors (Lipinski definition) is 1. The van der Waals surface area contributed by atoms with Crippen LogP contribution in [0.15, 0.2) is 48.5 Å². The minimum absolute atomic E-state index is 0.149. The largest absolute Gasteiger partial charge is 0.462 e. The second-order valence-corrected chi connectivity index (χ2v) is 10.6. The van der Waals surface area contributed by atoms with E-state index in [-0.39, 0.29) is 28.1 Å². The van der Waals surface area contributed by atoms with Crippen molar-refractivity contribution >= 4 is 64.2 Å². The van der Waals surface area contributed by atoms with E-state index >= 15 is 0 Å². The maximum Gasteiger partial charge on any atom is 0.338 e. The summed E-state index contributed by atoms with van der Waals surface area (Å²) in [7, 11) is 0. The van der Waals surface area contributed by atoms with Gasteiger partial charge in [-0.2, -0.15) is 0 Å². The molecule has 2 fully saturated rings. The molecule has 1 heterocycles. The summed E-state index contributed by atoms with van der Waals surface area (Å²) in [6, 6.07) is 12.0. The minimum atomic E-state index is -0.746. The van der Waals surface area contributed by atoms with Crippen molar-refractivity contribution in [2.24, 2.45) is 11.8 Å². The highest BCUT2D eigenvalue weighted by molar-refractivity contribution is 6.31. The minimum Gasteiger partial charge on any atom is -0.462 e. The Hall–Kier alpha value is -3.43. The molecule has 1 saturated heterocycles. The second kappa shape index (κ2) is 12.6. The molecular weight excluding hydrogens is 547 g/mol. The molecule has 0 unspecified atom stereocenters. The highest BCUT2D eigenvalue weighted by Gasteiger charge is 2.52. The predicted molar refractivity (Wildman–Crippen MR) is 145 cm³/mol. The van der Waals surface area contributed by atoms with Crippen LogP contribution in [0, 0.1) is 11.8 Å². The Labute approximate surface area is 235 Å². The van der Waals surface area contributed by atoms with Gasteiger partial charge in [-0.3, -0.25) is 19.3 Å². The number of carbonyl (C=O) groups excluding carboxylic acids is 5. The normalized spacial score (nSPS) is 22.3. The maximum absolute atomic E-state index is 12.9. The van der Waals surface area contributed by atoms with E-state index in [0.29, 0.717) is 36.4 Å². The van der Waals surface area contributed by atoms with Crippen LogP contribution in [0.1, 0.15) is 53.3 Å². The molecule has 1 saturated carbocycles. The van der Waals surface area contributed by atoms with Gasteiger partial charge in [-0.1, -0.05) is 13.3 Å². The van der Waals surface area contributed by atoms with Crippen LogP contribution in [0.3, 0.4) is 0 Å². The van der Waals surface area contributed by atoms with E-state index in [9.17, 15) is 24.0 Å². The summed E-state index contributed by atoms with van der Waals surface area (Å²) in [5.74, 6) is -3.41. The molecule has 1 aliphatic heterocycles. The van der Waals surface area contributed by atoms with E-state index < -0.39 is 36.3 Å². The van der Waals surface area contributed by atoms with Gasteiger partial charge < -0.3 is 14.8 Å². The Kier molecular flexibility index (Phi) is 9.24. The number of esters is 2. The molecule has 39 heavy (non-hydrogen) atoms. The van der Waals surface area contributed by atoms with Gasteiger partial charge in [0.2, 0.25) is 11.8 Å². The van der Waals surface area contributed by atoms with E-state index in [1.807, 2.05) is 6.92 Å². The molecule has 2 aromatic rings. The molecule has 11 heteroatoms. The SMILES string of the molecule is CCCCOC(=O)c1ccc(NC(=O)COC(=O)c2ccc(N3C(=O)[C@H]4C[C@H](Cl)[C@@H](Cl)C[C@H]4C3=O)cc2)cc1. The summed E-state index contributed by atoms with van der Waals surface area (Å²) >= 11 is 12.4. The average molecular weight is 575 g/mol. The Morgan fingerprint density at radius 1 is 0.846 bits per heavy atom. The summed E-state index contributed by atoms with van der Waals surface area (Å²) < 4.78 is 10.2. The Bertz CT molecular complexity index is 1220. The third-order valence-electron chi connectivity index (χ3n) is 6.74. The number of amides is 3. The summed E-state index contributed by atoms with van der Waals surface area (Å²) in [6.45, 7) is 1.81. The Morgan fingerprint density at radius 2 is 1.36 bits per heavy atom. The first kappa shape index (κ1) is 28.6. The molecule has 9 nitrogen and oxygen atoms in total. The summed E-state index contributed by atoms with van der Waals surface area (Å²) in [4.78, 5) is 63.5. The molecule has 1 aliphatic carbocycles. The molecule has 1 N–H and O–H groups in total. The zero-order valence-electron chi connectivity index (χ0n) is 21.2. The van der Waals surface area contributed by atoms with E-state index in [1.54, 1.807) is 12.1 Å². The van der Waals surface area contributed by atoms with Crippen LogP contribution >= 0.6 is 23.2 Å². The van der Waals surface area contributed by atoms with Crippen molar-refractivity contribution in [1.29, 1.82) is 0 Å².